The van der Waals surface area contributed by atoms with Crippen molar-refractivity contribution in [2.24, 2.45) is 0 Å². The van der Waals surface area contributed by atoms with Gasteiger partial charge in [-0.25, -0.2) is 44.9 Å². The molecule has 3 heterocycles. The lowest BCUT2D eigenvalue weighted by molar-refractivity contribution is 0.928. The molecule has 0 amide bonds. The molecule has 5 aromatic rings. The van der Waals surface area contributed by atoms with E-state index in [0.29, 0.717) is 52.4 Å². The van der Waals surface area contributed by atoms with E-state index in [0.717, 1.165) is 22.3 Å². The topological polar surface area (TPSA) is 116 Å². The maximum Gasteiger partial charge on any atom is 0.163 e. The molecule has 0 saturated heterocycles. The highest BCUT2D eigenvalue weighted by Crippen LogP contribution is 2.26. The first-order chi connectivity index (χ1) is 16.8. The average Bonchev–Trinajstić information content (AvgIpc) is 2.83. The Balaban J connectivity index is 1.55. The Morgan fingerprint density at radius 2 is 0.600 bits per heavy atom. The summed E-state index contributed by atoms with van der Waals surface area (Å²) >= 11 is 0. The second kappa shape index (κ2) is 9.02. The van der Waals surface area contributed by atoms with Crippen LogP contribution in [-0.2, 0) is 0 Å². The van der Waals surface area contributed by atoms with Crippen molar-refractivity contribution in [3.63, 3.8) is 0 Å². The Kier molecular flexibility index (Phi) is 5.74. The normalized spacial score (nSPS) is 11.0. The van der Waals surface area contributed by atoms with Crippen LogP contribution < -0.4 is 0 Å². The highest BCUT2D eigenvalue weighted by atomic mass is 15.0. The third-order valence-corrected chi connectivity index (χ3v) is 5.22. The Hall–Kier alpha value is -4.53. The molecule has 2 aromatic carbocycles. The van der Waals surface area contributed by atoms with Crippen LogP contribution in [0.25, 0.3) is 45.6 Å². The summed E-state index contributed by atoms with van der Waals surface area (Å²) in [7, 11) is 0. The third-order valence-electron chi connectivity index (χ3n) is 5.22. The van der Waals surface area contributed by atoms with Crippen molar-refractivity contribution >= 4 is 0 Å². The molecule has 0 aliphatic carbocycles. The van der Waals surface area contributed by atoms with Crippen LogP contribution in [-0.4, -0.2) is 44.9 Å². The molecular weight excluding hydrogens is 438 g/mol. The summed E-state index contributed by atoms with van der Waals surface area (Å²) in [5, 5.41) is 0. The van der Waals surface area contributed by atoms with Gasteiger partial charge >= 0.3 is 0 Å². The SMILES string of the molecule is Cc1nc(C)nc(-c2cccc(-c3nc(C)nc(-c4cccc(-c5nc(C)nc(C)n5)c4)n3)c2)n1. The van der Waals surface area contributed by atoms with Gasteiger partial charge in [0.25, 0.3) is 0 Å². The molecule has 0 aliphatic rings. The van der Waals surface area contributed by atoms with Gasteiger partial charge in [-0.05, 0) is 46.8 Å². The lowest BCUT2D eigenvalue weighted by Crippen LogP contribution is -2.01. The van der Waals surface area contributed by atoms with Crippen LogP contribution in [0.4, 0.5) is 0 Å². The number of rotatable bonds is 4. The maximum absolute atomic E-state index is 4.79. The van der Waals surface area contributed by atoms with Crippen LogP contribution in [0.5, 0.6) is 0 Å². The van der Waals surface area contributed by atoms with Crippen molar-refractivity contribution in [1.29, 1.82) is 0 Å². The molecule has 0 saturated carbocycles. The van der Waals surface area contributed by atoms with E-state index in [4.69, 9.17) is 4.98 Å². The molecule has 0 radical (unpaired) electrons. The summed E-state index contributed by atoms with van der Waals surface area (Å²) in [4.78, 5) is 40.4. The average molecular weight is 462 g/mol. The molecule has 0 atom stereocenters. The first-order valence-electron chi connectivity index (χ1n) is 11.2. The zero-order valence-electron chi connectivity index (χ0n) is 20.1. The maximum atomic E-state index is 4.79. The van der Waals surface area contributed by atoms with Crippen molar-refractivity contribution < 1.29 is 0 Å². The smallest absolute Gasteiger partial charge is 0.163 e. The van der Waals surface area contributed by atoms with E-state index in [1.165, 1.54) is 0 Å². The molecule has 0 unspecified atom stereocenters. The molecule has 9 heteroatoms. The van der Waals surface area contributed by atoms with Crippen LogP contribution in [0.1, 0.15) is 29.1 Å². The molecule has 0 N–H and O–H groups in total. The highest BCUT2D eigenvalue weighted by molar-refractivity contribution is 5.69. The number of hydrogen-bond acceptors (Lipinski definition) is 9. The monoisotopic (exact) mass is 461 g/mol. The summed E-state index contributed by atoms with van der Waals surface area (Å²) in [6.07, 6.45) is 0. The van der Waals surface area contributed by atoms with Crippen LogP contribution in [0.3, 0.4) is 0 Å². The lowest BCUT2D eigenvalue weighted by atomic mass is 10.1. The van der Waals surface area contributed by atoms with Gasteiger partial charge in [0.2, 0.25) is 0 Å². The minimum Gasteiger partial charge on any atom is -0.219 e. The van der Waals surface area contributed by atoms with E-state index in [1.54, 1.807) is 0 Å². The Bertz CT molecular complexity index is 1410. The Morgan fingerprint density at radius 3 is 0.914 bits per heavy atom. The molecule has 9 nitrogen and oxygen atoms in total. The standard InChI is InChI=1S/C26H23N9/c1-14-27-15(2)30-23(29-14)19-8-6-10-21(12-19)25-33-18(5)34-26(35-25)22-11-7-9-20(13-22)24-31-16(3)28-17(4)32-24/h6-13H,1-5H3. The quantitative estimate of drug-likeness (QED) is 0.382. The van der Waals surface area contributed by atoms with Gasteiger partial charge in [0, 0.05) is 22.3 Å². The molecule has 3 aromatic heterocycles. The Labute approximate surface area is 202 Å². The van der Waals surface area contributed by atoms with E-state index >= 15 is 0 Å². The van der Waals surface area contributed by atoms with Crippen LogP contribution in [0.15, 0.2) is 48.5 Å². The highest BCUT2D eigenvalue weighted by Gasteiger charge is 2.13. The van der Waals surface area contributed by atoms with E-state index in [1.807, 2.05) is 83.1 Å². The fourth-order valence-electron chi connectivity index (χ4n) is 3.82. The molecule has 172 valence electrons. The lowest BCUT2D eigenvalue weighted by Gasteiger charge is -2.09. The molecule has 0 fully saturated rings. The fourth-order valence-corrected chi connectivity index (χ4v) is 3.82. The third kappa shape index (κ3) is 4.89. The largest absolute Gasteiger partial charge is 0.219 e. The number of nitrogens with zero attached hydrogens (tertiary/aromatic N) is 9. The Morgan fingerprint density at radius 1 is 0.343 bits per heavy atom. The fraction of sp³-hybridized carbons (Fsp3) is 0.192. The van der Waals surface area contributed by atoms with E-state index in [-0.39, 0.29) is 0 Å². The van der Waals surface area contributed by atoms with Crippen molar-refractivity contribution in [3.8, 4) is 45.6 Å². The van der Waals surface area contributed by atoms with Gasteiger partial charge in [0.15, 0.2) is 23.3 Å². The predicted octanol–water partition coefficient (Wildman–Crippen LogP) is 4.45. The van der Waals surface area contributed by atoms with Gasteiger partial charge in [-0.3, -0.25) is 0 Å². The van der Waals surface area contributed by atoms with Crippen molar-refractivity contribution in [2.75, 3.05) is 0 Å². The second-order valence-electron chi connectivity index (χ2n) is 8.20. The van der Waals surface area contributed by atoms with Crippen molar-refractivity contribution in [3.05, 3.63) is 77.7 Å². The van der Waals surface area contributed by atoms with Gasteiger partial charge < -0.3 is 0 Å². The molecule has 5 rings (SSSR count). The van der Waals surface area contributed by atoms with Crippen LogP contribution in [0.2, 0.25) is 0 Å². The van der Waals surface area contributed by atoms with Crippen molar-refractivity contribution in [1.82, 2.24) is 44.9 Å². The summed E-state index contributed by atoms with van der Waals surface area (Å²) in [6.45, 7) is 9.29. The summed E-state index contributed by atoms with van der Waals surface area (Å²) < 4.78 is 0. The van der Waals surface area contributed by atoms with E-state index in [2.05, 4.69) is 39.9 Å². The molecule has 0 bridgehead atoms. The summed E-state index contributed by atoms with van der Waals surface area (Å²) in [5.41, 5.74) is 3.45. The molecular formula is C26H23N9. The van der Waals surface area contributed by atoms with Crippen molar-refractivity contribution in [2.45, 2.75) is 34.6 Å². The number of aromatic nitrogens is 9. The van der Waals surface area contributed by atoms with Gasteiger partial charge in [0.1, 0.15) is 29.1 Å². The van der Waals surface area contributed by atoms with Gasteiger partial charge in [-0.2, -0.15) is 0 Å². The van der Waals surface area contributed by atoms with Crippen LogP contribution >= 0.6 is 0 Å². The van der Waals surface area contributed by atoms with E-state index in [9.17, 15) is 0 Å². The number of aryl methyl sites for hydroxylation is 5. The number of benzene rings is 2. The first kappa shape index (κ1) is 22.3. The molecule has 0 spiro atoms. The minimum absolute atomic E-state index is 0.578. The van der Waals surface area contributed by atoms with E-state index < -0.39 is 0 Å². The minimum atomic E-state index is 0.578. The second-order valence-corrected chi connectivity index (χ2v) is 8.20. The predicted molar refractivity (Wildman–Crippen MR) is 132 cm³/mol. The van der Waals surface area contributed by atoms with Gasteiger partial charge in [-0.15, -0.1) is 0 Å². The van der Waals surface area contributed by atoms with Crippen LogP contribution in [0, 0.1) is 34.6 Å². The van der Waals surface area contributed by atoms with Gasteiger partial charge in [0.05, 0.1) is 0 Å². The summed E-state index contributed by atoms with van der Waals surface area (Å²) in [6, 6.07) is 15.7. The summed E-state index contributed by atoms with van der Waals surface area (Å²) in [5.74, 6) is 5.75. The molecule has 0 aliphatic heterocycles. The zero-order chi connectivity index (χ0) is 24.5. The van der Waals surface area contributed by atoms with Gasteiger partial charge in [-0.1, -0.05) is 36.4 Å². The number of hydrogen-bond donors (Lipinski definition) is 0. The molecule has 35 heavy (non-hydrogen) atoms. The first-order valence-corrected chi connectivity index (χ1v) is 11.2. The zero-order valence-corrected chi connectivity index (χ0v) is 20.1.